The summed E-state index contributed by atoms with van der Waals surface area (Å²) in [6.45, 7) is 3.36. The lowest BCUT2D eigenvalue weighted by Crippen LogP contribution is -2.27. The molecule has 25 heavy (non-hydrogen) atoms. The van der Waals surface area contributed by atoms with E-state index in [1.54, 1.807) is 16.9 Å². The number of aromatic nitrogens is 5. The maximum Gasteiger partial charge on any atom is 0.175 e. The van der Waals surface area contributed by atoms with Crippen molar-refractivity contribution in [2.24, 2.45) is 0 Å². The third kappa shape index (κ3) is 3.28. The summed E-state index contributed by atoms with van der Waals surface area (Å²) in [4.78, 5) is 6.08. The largest absolute Gasteiger partial charge is 0.364 e. The van der Waals surface area contributed by atoms with Gasteiger partial charge in [0.1, 0.15) is 5.82 Å². The summed E-state index contributed by atoms with van der Waals surface area (Å²) in [6, 6.07) is 8.87. The molecule has 1 fully saturated rings. The third-order valence-corrected chi connectivity index (χ3v) is 4.19. The lowest BCUT2D eigenvalue weighted by atomic mass is 10.2. The first-order valence-electron chi connectivity index (χ1n) is 8.17. The van der Waals surface area contributed by atoms with Crippen molar-refractivity contribution >= 4 is 11.6 Å². The van der Waals surface area contributed by atoms with Crippen LogP contribution in [0.3, 0.4) is 0 Å². The molecule has 1 aliphatic rings. The molecule has 0 bridgehead atoms. The number of nitrogens with one attached hydrogen (secondary N) is 1. The fourth-order valence-corrected chi connectivity index (χ4v) is 2.96. The third-order valence-electron chi connectivity index (χ3n) is 4.19. The summed E-state index contributed by atoms with van der Waals surface area (Å²) in [7, 11) is 0. The highest BCUT2D eigenvalue weighted by atomic mass is 19.1. The highest BCUT2D eigenvalue weighted by molar-refractivity contribution is 5.44. The van der Waals surface area contributed by atoms with E-state index in [0.717, 1.165) is 18.7 Å². The number of rotatable bonds is 4. The van der Waals surface area contributed by atoms with Crippen molar-refractivity contribution in [2.45, 2.75) is 19.4 Å². The van der Waals surface area contributed by atoms with Gasteiger partial charge in [0.2, 0.25) is 0 Å². The SMILES string of the molecule is Cc1ccn(-c2ccc(NC3CCN(c4ncccc4F)C3)nn2)n1. The monoisotopic (exact) mass is 339 g/mol. The summed E-state index contributed by atoms with van der Waals surface area (Å²) in [5.74, 6) is 1.48. The molecule has 0 aliphatic carbocycles. The van der Waals surface area contributed by atoms with Gasteiger partial charge in [0.25, 0.3) is 0 Å². The summed E-state index contributed by atoms with van der Waals surface area (Å²) < 4.78 is 15.5. The first-order chi connectivity index (χ1) is 12.2. The molecule has 7 nitrogen and oxygen atoms in total. The second kappa shape index (κ2) is 6.46. The molecular weight excluding hydrogens is 321 g/mol. The lowest BCUT2D eigenvalue weighted by Gasteiger charge is -2.18. The summed E-state index contributed by atoms with van der Waals surface area (Å²) >= 11 is 0. The van der Waals surface area contributed by atoms with Crippen LogP contribution < -0.4 is 10.2 Å². The Morgan fingerprint density at radius 2 is 2.12 bits per heavy atom. The minimum Gasteiger partial charge on any atom is -0.364 e. The molecular formula is C17H18FN7. The van der Waals surface area contributed by atoms with Gasteiger partial charge in [-0.25, -0.2) is 14.1 Å². The molecule has 1 unspecified atom stereocenters. The van der Waals surface area contributed by atoms with Crippen LogP contribution >= 0.6 is 0 Å². The van der Waals surface area contributed by atoms with Crippen LogP contribution in [0.5, 0.6) is 0 Å². The van der Waals surface area contributed by atoms with E-state index in [-0.39, 0.29) is 11.9 Å². The zero-order chi connectivity index (χ0) is 17.2. The second-order valence-corrected chi connectivity index (χ2v) is 6.06. The first kappa shape index (κ1) is 15.5. The molecule has 8 heteroatoms. The quantitative estimate of drug-likeness (QED) is 0.786. The molecule has 1 saturated heterocycles. The fraction of sp³-hybridized carbons (Fsp3) is 0.294. The van der Waals surface area contributed by atoms with E-state index in [4.69, 9.17) is 0 Å². The van der Waals surface area contributed by atoms with Crippen molar-refractivity contribution in [2.75, 3.05) is 23.3 Å². The smallest absolute Gasteiger partial charge is 0.175 e. The van der Waals surface area contributed by atoms with Crippen LogP contribution in [0.1, 0.15) is 12.1 Å². The van der Waals surface area contributed by atoms with Gasteiger partial charge in [0.05, 0.1) is 5.69 Å². The molecule has 0 aromatic carbocycles. The van der Waals surface area contributed by atoms with Gasteiger partial charge in [0, 0.05) is 31.5 Å². The molecule has 0 spiro atoms. The zero-order valence-corrected chi connectivity index (χ0v) is 13.8. The maximum absolute atomic E-state index is 13.8. The van der Waals surface area contributed by atoms with Crippen LogP contribution in [0.15, 0.2) is 42.7 Å². The number of pyridine rings is 1. The zero-order valence-electron chi connectivity index (χ0n) is 13.8. The highest BCUT2D eigenvalue weighted by Crippen LogP contribution is 2.22. The Kier molecular flexibility index (Phi) is 4.01. The molecule has 1 N–H and O–H groups in total. The van der Waals surface area contributed by atoms with E-state index in [9.17, 15) is 4.39 Å². The average molecular weight is 339 g/mol. The van der Waals surface area contributed by atoms with Crippen LogP contribution in [0.2, 0.25) is 0 Å². The van der Waals surface area contributed by atoms with Gasteiger partial charge in [-0.15, -0.1) is 10.2 Å². The van der Waals surface area contributed by atoms with Gasteiger partial charge in [0.15, 0.2) is 17.5 Å². The molecule has 1 aliphatic heterocycles. The van der Waals surface area contributed by atoms with E-state index >= 15 is 0 Å². The Bertz CT molecular complexity index is 861. The second-order valence-electron chi connectivity index (χ2n) is 6.06. The normalized spacial score (nSPS) is 17.0. The van der Waals surface area contributed by atoms with Crippen molar-refractivity contribution in [3.8, 4) is 5.82 Å². The lowest BCUT2D eigenvalue weighted by molar-refractivity contribution is 0.615. The fourth-order valence-electron chi connectivity index (χ4n) is 2.96. The van der Waals surface area contributed by atoms with E-state index in [1.165, 1.54) is 6.07 Å². The molecule has 3 aromatic heterocycles. The highest BCUT2D eigenvalue weighted by Gasteiger charge is 2.25. The predicted molar refractivity (Wildman–Crippen MR) is 92.3 cm³/mol. The van der Waals surface area contributed by atoms with Gasteiger partial charge in [-0.3, -0.25) is 0 Å². The Labute approximate surface area is 144 Å². The van der Waals surface area contributed by atoms with Crippen LogP contribution in [0, 0.1) is 12.7 Å². The van der Waals surface area contributed by atoms with Gasteiger partial charge in [-0.1, -0.05) is 0 Å². The first-order valence-corrected chi connectivity index (χ1v) is 8.17. The van der Waals surface area contributed by atoms with Crippen LogP contribution in [-0.2, 0) is 0 Å². The number of halogens is 1. The Morgan fingerprint density at radius 3 is 2.84 bits per heavy atom. The van der Waals surface area contributed by atoms with Crippen molar-refractivity contribution in [3.63, 3.8) is 0 Å². The molecule has 0 amide bonds. The minimum atomic E-state index is -0.290. The number of hydrogen-bond donors (Lipinski definition) is 1. The summed E-state index contributed by atoms with van der Waals surface area (Å²) in [5, 5.41) is 16.1. The van der Waals surface area contributed by atoms with Crippen LogP contribution in [0.4, 0.5) is 16.0 Å². The number of aryl methyl sites for hydroxylation is 1. The standard InChI is InChI=1S/C17H18FN7/c1-12-6-10-25(23-12)16-5-4-15(21-22-16)20-13-7-9-24(11-13)17-14(18)3-2-8-19-17/h2-6,8,10,13H,7,9,11H2,1H3,(H,20,21). The summed E-state index contributed by atoms with van der Waals surface area (Å²) in [6.07, 6.45) is 4.35. The van der Waals surface area contributed by atoms with Crippen molar-refractivity contribution in [3.05, 3.63) is 54.2 Å². The molecule has 1 atom stereocenters. The molecule has 128 valence electrons. The van der Waals surface area contributed by atoms with Gasteiger partial charge < -0.3 is 10.2 Å². The number of anilines is 2. The summed E-state index contributed by atoms with van der Waals surface area (Å²) in [5.41, 5.74) is 0.928. The van der Waals surface area contributed by atoms with Gasteiger partial charge in [-0.2, -0.15) is 5.10 Å². The van der Waals surface area contributed by atoms with Gasteiger partial charge in [-0.05, 0) is 43.7 Å². The Morgan fingerprint density at radius 1 is 1.20 bits per heavy atom. The van der Waals surface area contributed by atoms with Crippen molar-refractivity contribution in [1.82, 2.24) is 25.0 Å². The molecule has 3 aromatic rings. The van der Waals surface area contributed by atoms with Crippen molar-refractivity contribution in [1.29, 1.82) is 0 Å². The minimum absolute atomic E-state index is 0.175. The molecule has 4 rings (SSSR count). The van der Waals surface area contributed by atoms with E-state index in [0.29, 0.717) is 24.0 Å². The van der Waals surface area contributed by atoms with Crippen LogP contribution in [0.25, 0.3) is 5.82 Å². The number of hydrogen-bond acceptors (Lipinski definition) is 6. The Hall–Kier alpha value is -3.03. The van der Waals surface area contributed by atoms with E-state index in [2.05, 4.69) is 25.6 Å². The predicted octanol–water partition coefficient (Wildman–Crippen LogP) is 2.20. The van der Waals surface area contributed by atoms with Gasteiger partial charge >= 0.3 is 0 Å². The molecule has 4 heterocycles. The molecule has 0 radical (unpaired) electrons. The number of nitrogens with zero attached hydrogens (tertiary/aromatic N) is 6. The van der Waals surface area contributed by atoms with Crippen molar-refractivity contribution < 1.29 is 4.39 Å². The van der Waals surface area contributed by atoms with Crippen LogP contribution in [-0.4, -0.2) is 44.1 Å². The van der Waals surface area contributed by atoms with E-state index < -0.39 is 0 Å². The van der Waals surface area contributed by atoms with E-state index in [1.807, 2.05) is 36.2 Å². The Balaban J connectivity index is 1.41. The average Bonchev–Trinajstić information content (AvgIpc) is 3.25. The topological polar surface area (TPSA) is 71.8 Å². The molecule has 0 saturated carbocycles. The maximum atomic E-state index is 13.8.